The van der Waals surface area contributed by atoms with E-state index in [2.05, 4.69) is 10.3 Å². The van der Waals surface area contributed by atoms with Gasteiger partial charge in [0.1, 0.15) is 17.3 Å². The highest BCUT2D eigenvalue weighted by Gasteiger charge is 2.12. The van der Waals surface area contributed by atoms with Gasteiger partial charge >= 0.3 is 0 Å². The molecule has 26 heavy (non-hydrogen) atoms. The molecule has 0 aliphatic carbocycles. The first kappa shape index (κ1) is 18.0. The van der Waals surface area contributed by atoms with Crippen molar-refractivity contribution in [1.29, 1.82) is 0 Å². The first-order valence-electron chi connectivity index (χ1n) is 8.09. The fourth-order valence-electron chi connectivity index (χ4n) is 2.56. The Hall–Kier alpha value is -2.80. The lowest BCUT2D eigenvalue weighted by Gasteiger charge is -2.11. The molecule has 2 aromatic carbocycles. The number of methoxy groups -OCH3 is 2. The summed E-state index contributed by atoms with van der Waals surface area (Å²) in [5, 5.41) is 3.98. The van der Waals surface area contributed by atoms with Gasteiger partial charge in [-0.1, -0.05) is 6.92 Å². The van der Waals surface area contributed by atoms with Crippen molar-refractivity contribution in [2.75, 3.05) is 25.3 Å². The molecule has 0 amide bonds. The highest BCUT2D eigenvalue weighted by atomic mass is 32.2. The lowest BCUT2D eigenvalue weighted by molar-refractivity contribution is 0.395. The monoisotopic (exact) mass is 372 g/mol. The fourth-order valence-corrected chi connectivity index (χ4v) is 3.48. The van der Waals surface area contributed by atoms with E-state index in [9.17, 15) is 8.42 Å². The van der Waals surface area contributed by atoms with Gasteiger partial charge in [-0.05, 0) is 30.3 Å². The third-order valence-corrected chi connectivity index (χ3v) is 5.76. The number of rotatable bonds is 6. The normalized spacial score (nSPS) is 11.3. The van der Waals surface area contributed by atoms with Gasteiger partial charge in [0.25, 0.3) is 0 Å². The topological polar surface area (TPSA) is 77.5 Å². The maximum Gasteiger partial charge on any atom is 0.178 e. The molecule has 0 spiro atoms. The van der Waals surface area contributed by atoms with E-state index in [1.807, 2.05) is 18.2 Å². The van der Waals surface area contributed by atoms with E-state index in [-0.39, 0.29) is 5.75 Å². The number of aromatic nitrogens is 1. The zero-order valence-corrected chi connectivity index (χ0v) is 15.6. The van der Waals surface area contributed by atoms with Crippen molar-refractivity contribution < 1.29 is 17.9 Å². The van der Waals surface area contributed by atoms with Gasteiger partial charge in [0, 0.05) is 29.3 Å². The van der Waals surface area contributed by atoms with Gasteiger partial charge in [0.05, 0.1) is 30.4 Å². The Morgan fingerprint density at radius 1 is 0.962 bits per heavy atom. The van der Waals surface area contributed by atoms with Gasteiger partial charge in [-0.25, -0.2) is 13.4 Å². The second-order valence-electron chi connectivity index (χ2n) is 5.68. The number of fused-ring (bicyclic) bond motifs is 1. The van der Waals surface area contributed by atoms with Gasteiger partial charge in [0.15, 0.2) is 9.84 Å². The lowest BCUT2D eigenvalue weighted by Crippen LogP contribution is -2.03. The molecule has 1 N–H and O–H groups in total. The summed E-state index contributed by atoms with van der Waals surface area (Å²) in [6.07, 6.45) is 0. The minimum atomic E-state index is -3.23. The van der Waals surface area contributed by atoms with E-state index >= 15 is 0 Å². The van der Waals surface area contributed by atoms with Crippen LogP contribution in [-0.4, -0.2) is 33.4 Å². The van der Waals surface area contributed by atoms with Crippen molar-refractivity contribution in [3.8, 4) is 11.5 Å². The molecule has 0 aliphatic rings. The van der Waals surface area contributed by atoms with Gasteiger partial charge in [-0.3, -0.25) is 0 Å². The summed E-state index contributed by atoms with van der Waals surface area (Å²) in [4.78, 5) is 4.86. The number of anilines is 2. The van der Waals surface area contributed by atoms with Crippen LogP contribution in [0.15, 0.2) is 53.4 Å². The Morgan fingerprint density at radius 2 is 1.65 bits per heavy atom. The van der Waals surface area contributed by atoms with Crippen molar-refractivity contribution in [3.63, 3.8) is 0 Å². The van der Waals surface area contributed by atoms with Crippen molar-refractivity contribution in [3.05, 3.63) is 48.5 Å². The summed E-state index contributed by atoms with van der Waals surface area (Å²) in [5.74, 6) is 2.05. The van der Waals surface area contributed by atoms with Crippen LogP contribution in [-0.2, 0) is 9.84 Å². The summed E-state index contributed by atoms with van der Waals surface area (Å²) in [6.45, 7) is 1.63. The molecule has 3 aromatic rings. The number of hydrogen-bond donors (Lipinski definition) is 1. The number of pyridine rings is 1. The highest BCUT2D eigenvalue weighted by Crippen LogP contribution is 2.28. The Morgan fingerprint density at radius 3 is 2.27 bits per heavy atom. The molecule has 0 saturated carbocycles. The molecule has 0 saturated heterocycles. The number of nitrogens with zero attached hydrogens (tertiary/aromatic N) is 1. The molecule has 0 fully saturated rings. The smallest absolute Gasteiger partial charge is 0.178 e. The zero-order chi connectivity index (χ0) is 18.7. The van der Waals surface area contributed by atoms with Crippen LogP contribution >= 0.6 is 0 Å². The molecule has 7 heteroatoms. The second-order valence-corrected chi connectivity index (χ2v) is 7.96. The molecule has 3 rings (SSSR count). The van der Waals surface area contributed by atoms with Gasteiger partial charge in [-0.15, -0.1) is 0 Å². The molecule has 6 nitrogen and oxygen atoms in total. The predicted octanol–water partition coefficient (Wildman–Crippen LogP) is 3.79. The standard InChI is InChI=1S/C19H20N2O4S/c1-4-26(22,23)17-6-7-18-13(9-17)5-8-19(21-18)20-14-10-15(24-2)12-16(11-14)25-3/h5-12H,4H2,1-3H3,(H,20,21). The van der Waals surface area contributed by atoms with E-state index in [1.165, 1.54) is 0 Å². The van der Waals surface area contributed by atoms with Crippen molar-refractivity contribution in [2.45, 2.75) is 11.8 Å². The lowest BCUT2D eigenvalue weighted by atomic mass is 10.2. The molecular weight excluding hydrogens is 352 g/mol. The third-order valence-electron chi connectivity index (χ3n) is 4.02. The molecule has 0 unspecified atom stereocenters. The zero-order valence-electron chi connectivity index (χ0n) is 14.8. The van der Waals surface area contributed by atoms with Crippen LogP contribution in [0, 0.1) is 0 Å². The summed E-state index contributed by atoms with van der Waals surface area (Å²) < 4.78 is 34.6. The van der Waals surface area contributed by atoms with Crippen LogP contribution in [0.1, 0.15) is 6.92 Å². The van der Waals surface area contributed by atoms with Gasteiger partial charge in [0.2, 0.25) is 0 Å². The van der Waals surface area contributed by atoms with E-state index in [4.69, 9.17) is 9.47 Å². The molecule has 0 aliphatic heterocycles. The van der Waals surface area contributed by atoms with E-state index < -0.39 is 9.84 Å². The molecule has 136 valence electrons. The van der Waals surface area contributed by atoms with Crippen molar-refractivity contribution >= 4 is 32.2 Å². The molecule has 0 radical (unpaired) electrons. The van der Waals surface area contributed by atoms with Crippen LogP contribution in [0.25, 0.3) is 10.9 Å². The number of benzene rings is 2. The molecular formula is C19H20N2O4S. The quantitative estimate of drug-likeness (QED) is 0.709. The Balaban J connectivity index is 1.94. The first-order valence-corrected chi connectivity index (χ1v) is 9.74. The number of sulfone groups is 1. The van der Waals surface area contributed by atoms with Crippen molar-refractivity contribution in [1.82, 2.24) is 4.98 Å². The summed E-state index contributed by atoms with van der Waals surface area (Å²) in [6, 6.07) is 14.1. The Bertz CT molecular complexity index is 1030. The summed E-state index contributed by atoms with van der Waals surface area (Å²) in [7, 11) is -0.0509. The molecule has 0 bridgehead atoms. The van der Waals surface area contributed by atoms with E-state index in [1.54, 1.807) is 51.5 Å². The maximum absolute atomic E-state index is 12.0. The SMILES string of the molecule is CCS(=O)(=O)c1ccc2nc(Nc3cc(OC)cc(OC)c3)ccc2c1. The number of nitrogens with one attached hydrogen (secondary N) is 1. The minimum absolute atomic E-state index is 0.0727. The maximum atomic E-state index is 12.0. The van der Waals surface area contributed by atoms with Crippen LogP contribution in [0.2, 0.25) is 0 Å². The summed E-state index contributed by atoms with van der Waals surface area (Å²) >= 11 is 0. The number of hydrogen-bond acceptors (Lipinski definition) is 6. The predicted molar refractivity (Wildman–Crippen MR) is 102 cm³/mol. The second kappa shape index (κ2) is 7.21. The molecule has 1 aromatic heterocycles. The minimum Gasteiger partial charge on any atom is -0.497 e. The fraction of sp³-hybridized carbons (Fsp3) is 0.211. The number of ether oxygens (including phenoxy) is 2. The average Bonchev–Trinajstić information content (AvgIpc) is 2.67. The van der Waals surface area contributed by atoms with E-state index in [0.29, 0.717) is 27.7 Å². The Kier molecular flexibility index (Phi) is 4.99. The van der Waals surface area contributed by atoms with Crippen molar-refractivity contribution in [2.24, 2.45) is 0 Å². The van der Waals surface area contributed by atoms with Crippen LogP contribution < -0.4 is 14.8 Å². The average molecular weight is 372 g/mol. The van der Waals surface area contributed by atoms with Crippen LogP contribution in [0.3, 0.4) is 0 Å². The van der Waals surface area contributed by atoms with Crippen LogP contribution in [0.4, 0.5) is 11.5 Å². The Labute approximate surface area is 152 Å². The van der Waals surface area contributed by atoms with E-state index in [0.717, 1.165) is 11.1 Å². The largest absolute Gasteiger partial charge is 0.497 e. The van der Waals surface area contributed by atoms with Gasteiger partial charge < -0.3 is 14.8 Å². The van der Waals surface area contributed by atoms with Gasteiger partial charge in [-0.2, -0.15) is 0 Å². The summed E-state index contributed by atoms with van der Waals surface area (Å²) in [5.41, 5.74) is 1.48. The molecule has 1 heterocycles. The van der Waals surface area contributed by atoms with Crippen LogP contribution in [0.5, 0.6) is 11.5 Å². The highest BCUT2D eigenvalue weighted by molar-refractivity contribution is 7.91. The third kappa shape index (κ3) is 3.72. The first-order chi connectivity index (χ1) is 12.4. The molecule has 0 atom stereocenters.